The van der Waals surface area contributed by atoms with Gasteiger partial charge in [-0.3, -0.25) is 20.0 Å². The summed E-state index contributed by atoms with van der Waals surface area (Å²) in [4.78, 5) is 18.2. The van der Waals surface area contributed by atoms with Gasteiger partial charge in [0.1, 0.15) is 0 Å². The van der Waals surface area contributed by atoms with E-state index in [1.54, 1.807) is 24.9 Å². The zero-order valence-electron chi connectivity index (χ0n) is 9.56. The number of nitrogens with zero attached hydrogens (tertiary/aromatic N) is 4. The summed E-state index contributed by atoms with van der Waals surface area (Å²) in [6.07, 6.45) is 10.9. The quantitative estimate of drug-likeness (QED) is 0.658. The van der Waals surface area contributed by atoms with Crippen LogP contribution < -0.4 is 0 Å². The first-order chi connectivity index (χ1) is 8.86. The molecule has 1 aromatic carbocycles. The van der Waals surface area contributed by atoms with Crippen LogP contribution in [0.1, 0.15) is 11.1 Å². The zero-order valence-corrected chi connectivity index (χ0v) is 9.56. The fraction of sp³-hybridized carbons (Fsp3) is 0.143. The van der Waals surface area contributed by atoms with Crippen LogP contribution in [0.2, 0.25) is 0 Å². The number of rotatable bonds is 0. The van der Waals surface area contributed by atoms with Crippen LogP contribution in [-0.2, 0) is 5.66 Å². The first kappa shape index (κ1) is 9.65. The highest BCUT2D eigenvalue weighted by atomic mass is 15.3. The zero-order chi connectivity index (χ0) is 12.1. The van der Waals surface area contributed by atoms with Crippen molar-refractivity contribution in [1.82, 2.24) is 0 Å². The fourth-order valence-corrected chi connectivity index (χ4v) is 2.72. The smallest absolute Gasteiger partial charge is 0.224 e. The van der Waals surface area contributed by atoms with Gasteiger partial charge in [0, 0.05) is 30.4 Å². The normalized spacial score (nSPS) is 23.3. The van der Waals surface area contributed by atoms with Crippen LogP contribution in [0.5, 0.6) is 0 Å². The third-order valence-corrected chi connectivity index (χ3v) is 3.54. The molecule has 0 bridgehead atoms. The lowest BCUT2D eigenvalue weighted by atomic mass is 9.80. The standard InChI is InChI=1S/C14H10N4/c1-2-4-12-11(3-1)5-6-13(15-7-8-16-13)14(12)17-9-10-18-14/h1-10H. The largest absolute Gasteiger partial charge is 0.253 e. The number of hydrogen-bond acceptors (Lipinski definition) is 4. The molecule has 0 saturated carbocycles. The van der Waals surface area contributed by atoms with Crippen molar-refractivity contribution in [2.45, 2.75) is 11.3 Å². The summed E-state index contributed by atoms with van der Waals surface area (Å²) in [5.74, 6) is 0. The van der Waals surface area contributed by atoms with E-state index in [1.165, 1.54) is 0 Å². The first-order valence-electron chi connectivity index (χ1n) is 5.83. The highest BCUT2D eigenvalue weighted by Gasteiger charge is 2.55. The maximum atomic E-state index is 4.58. The van der Waals surface area contributed by atoms with E-state index in [4.69, 9.17) is 0 Å². The van der Waals surface area contributed by atoms with Gasteiger partial charge in [-0.1, -0.05) is 30.3 Å². The van der Waals surface area contributed by atoms with Gasteiger partial charge in [-0.25, -0.2) is 0 Å². The number of fused-ring (bicyclic) bond motifs is 3. The molecule has 1 aromatic rings. The average molecular weight is 234 g/mol. The van der Waals surface area contributed by atoms with Crippen LogP contribution in [0, 0.1) is 0 Å². The van der Waals surface area contributed by atoms with Crippen LogP contribution in [0.3, 0.4) is 0 Å². The molecule has 3 aliphatic rings. The van der Waals surface area contributed by atoms with E-state index in [1.807, 2.05) is 30.4 Å². The van der Waals surface area contributed by atoms with Gasteiger partial charge < -0.3 is 0 Å². The van der Waals surface area contributed by atoms with Crippen LogP contribution in [0.4, 0.5) is 0 Å². The Morgan fingerprint density at radius 3 is 2.22 bits per heavy atom. The second kappa shape index (κ2) is 3.10. The maximum absolute atomic E-state index is 4.58. The Kier molecular flexibility index (Phi) is 1.66. The average Bonchev–Trinajstić information content (AvgIpc) is 3.06. The minimum atomic E-state index is -0.762. The van der Waals surface area contributed by atoms with E-state index in [-0.39, 0.29) is 0 Å². The predicted molar refractivity (Wildman–Crippen MR) is 73.9 cm³/mol. The molecule has 0 fully saturated rings. The van der Waals surface area contributed by atoms with E-state index >= 15 is 0 Å². The van der Waals surface area contributed by atoms with Crippen LogP contribution in [0.15, 0.2) is 50.3 Å². The molecular formula is C14H10N4. The van der Waals surface area contributed by atoms with Gasteiger partial charge in [-0.05, 0) is 11.6 Å². The lowest BCUT2D eigenvalue weighted by Crippen LogP contribution is -2.45. The van der Waals surface area contributed by atoms with Crippen molar-refractivity contribution in [3.8, 4) is 0 Å². The highest BCUT2D eigenvalue weighted by molar-refractivity contribution is 6.19. The molecule has 1 aliphatic carbocycles. The Hall–Kier alpha value is -2.36. The summed E-state index contributed by atoms with van der Waals surface area (Å²) >= 11 is 0. The van der Waals surface area contributed by atoms with Crippen molar-refractivity contribution < 1.29 is 0 Å². The summed E-state index contributed by atoms with van der Waals surface area (Å²) in [7, 11) is 0. The minimum absolute atomic E-state index is 0.745. The Morgan fingerprint density at radius 1 is 0.778 bits per heavy atom. The third-order valence-electron chi connectivity index (χ3n) is 3.54. The fourth-order valence-electron chi connectivity index (χ4n) is 2.72. The van der Waals surface area contributed by atoms with Crippen molar-refractivity contribution in [2.24, 2.45) is 20.0 Å². The van der Waals surface area contributed by atoms with Crippen LogP contribution >= 0.6 is 0 Å². The monoisotopic (exact) mass is 234 g/mol. The maximum Gasteiger partial charge on any atom is 0.224 e. The number of aliphatic imine (C=N–C) groups is 4. The van der Waals surface area contributed by atoms with Gasteiger partial charge >= 0.3 is 0 Å². The van der Waals surface area contributed by atoms with Crippen LogP contribution in [-0.4, -0.2) is 30.5 Å². The van der Waals surface area contributed by atoms with Gasteiger partial charge in [-0.2, -0.15) is 0 Å². The molecule has 86 valence electrons. The molecule has 0 saturated heterocycles. The van der Waals surface area contributed by atoms with E-state index in [2.05, 4.69) is 26.0 Å². The van der Waals surface area contributed by atoms with E-state index in [9.17, 15) is 0 Å². The molecule has 0 unspecified atom stereocenters. The van der Waals surface area contributed by atoms with Gasteiger partial charge in [-0.15, -0.1) is 0 Å². The minimum Gasteiger partial charge on any atom is -0.253 e. The molecular weight excluding hydrogens is 224 g/mol. The van der Waals surface area contributed by atoms with E-state index < -0.39 is 11.3 Å². The second-order valence-corrected chi connectivity index (χ2v) is 4.43. The highest BCUT2D eigenvalue weighted by Crippen LogP contribution is 2.49. The molecule has 0 aromatic heterocycles. The van der Waals surface area contributed by atoms with Crippen molar-refractivity contribution >= 4 is 30.9 Å². The predicted octanol–water partition coefficient (Wildman–Crippen LogP) is 1.87. The van der Waals surface area contributed by atoms with E-state index in [0.717, 1.165) is 11.1 Å². The summed E-state index contributed by atoms with van der Waals surface area (Å²) in [5.41, 5.74) is 0.664. The molecule has 0 atom stereocenters. The molecule has 4 rings (SSSR count). The van der Waals surface area contributed by atoms with Gasteiger partial charge in [0.15, 0.2) is 0 Å². The Morgan fingerprint density at radius 2 is 1.44 bits per heavy atom. The molecule has 4 heteroatoms. The first-order valence-corrected chi connectivity index (χ1v) is 5.83. The molecule has 2 aliphatic heterocycles. The van der Waals surface area contributed by atoms with E-state index in [0.29, 0.717) is 0 Å². The number of benzene rings is 1. The summed E-state index contributed by atoms with van der Waals surface area (Å²) in [5, 5.41) is 0. The SMILES string of the molecule is C1=CC2(N=CC=N2)C2(N=CC=N2)c2ccccc21. The molecule has 0 amide bonds. The third kappa shape index (κ3) is 0.960. The topological polar surface area (TPSA) is 49.4 Å². The van der Waals surface area contributed by atoms with Crippen molar-refractivity contribution in [3.05, 3.63) is 41.5 Å². The van der Waals surface area contributed by atoms with Crippen molar-refractivity contribution in [3.63, 3.8) is 0 Å². The molecule has 2 heterocycles. The Bertz CT molecular complexity index is 640. The van der Waals surface area contributed by atoms with Gasteiger partial charge in [0.2, 0.25) is 11.3 Å². The summed E-state index contributed by atoms with van der Waals surface area (Å²) < 4.78 is 0. The molecule has 0 N–H and O–H groups in total. The lowest BCUT2D eigenvalue weighted by Gasteiger charge is -2.38. The van der Waals surface area contributed by atoms with Gasteiger partial charge in [0.05, 0.1) is 0 Å². The Balaban J connectivity index is 2.07. The molecule has 18 heavy (non-hydrogen) atoms. The molecule has 0 radical (unpaired) electrons. The molecule has 4 nitrogen and oxygen atoms in total. The van der Waals surface area contributed by atoms with Gasteiger partial charge in [0.25, 0.3) is 0 Å². The lowest BCUT2D eigenvalue weighted by molar-refractivity contribution is 0.311. The molecule has 2 spiro atoms. The Labute approximate surface area is 104 Å². The number of hydrogen-bond donors (Lipinski definition) is 0. The van der Waals surface area contributed by atoms with Crippen molar-refractivity contribution in [1.29, 1.82) is 0 Å². The van der Waals surface area contributed by atoms with Crippen molar-refractivity contribution in [2.75, 3.05) is 0 Å². The summed E-state index contributed by atoms with van der Waals surface area (Å²) in [6, 6.07) is 8.12. The van der Waals surface area contributed by atoms with Crippen LogP contribution in [0.25, 0.3) is 6.08 Å². The summed E-state index contributed by atoms with van der Waals surface area (Å²) in [6.45, 7) is 0. The second-order valence-electron chi connectivity index (χ2n) is 4.43.